The fourth-order valence-electron chi connectivity index (χ4n) is 1.87. The molecule has 1 aromatic rings. The summed E-state index contributed by atoms with van der Waals surface area (Å²) in [6.07, 6.45) is 6.38. The Hall–Kier alpha value is -0.860. The van der Waals surface area contributed by atoms with Gasteiger partial charge in [-0.05, 0) is 24.0 Å². The molecule has 0 bridgehead atoms. The fourth-order valence-corrected chi connectivity index (χ4v) is 1.87. The highest BCUT2D eigenvalue weighted by Crippen LogP contribution is 2.14. The molecule has 0 saturated carbocycles. The maximum Gasteiger partial charge on any atom is 0.0419 e. The topological polar surface area (TPSA) is 52.0 Å². The van der Waals surface area contributed by atoms with Crippen molar-refractivity contribution in [2.45, 2.75) is 45.1 Å². The Morgan fingerprint density at radius 1 is 1.19 bits per heavy atom. The van der Waals surface area contributed by atoms with Crippen LogP contribution in [0.25, 0.3) is 0 Å². The Labute approximate surface area is 99.0 Å². The van der Waals surface area contributed by atoms with Crippen LogP contribution in [0.4, 0.5) is 0 Å². The number of benzene rings is 1. The van der Waals surface area contributed by atoms with Gasteiger partial charge in [-0.15, -0.1) is 0 Å². The van der Waals surface area contributed by atoms with Crippen molar-refractivity contribution in [3.05, 3.63) is 35.4 Å². The van der Waals surface area contributed by atoms with E-state index < -0.39 is 0 Å². The quantitative estimate of drug-likeness (QED) is 0.694. The van der Waals surface area contributed by atoms with E-state index >= 15 is 0 Å². The van der Waals surface area contributed by atoms with E-state index in [0.29, 0.717) is 6.54 Å². The van der Waals surface area contributed by atoms with E-state index in [-0.39, 0.29) is 6.04 Å². The van der Waals surface area contributed by atoms with E-state index in [4.69, 9.17) is 11.5 Å². The molecule has 0 spiro atoms. The lowest BCUT2D eigenvalue weighted by Gasteiger charge is -2.10. The zero-order valence-electron chi connectivity index (χ0n) is 10.3. The van der Waals surface area contributed by atoms with Crippen molar-refractivity contribution in [2.24, 2.45) is 11.5 Å². The van der Waals surface area contributed by atoms with Gasteiger partial charge in [-0.1, -0.05) is 50.5 Å². The molecule has 16 heavy (non-hydrogen) atoms. The molecule has 1 atom stereocenters. The number of hydrogen-bond acceptors (Lipinski definition) is 2. The second-order valence-electron chi connectivity index (χ2n) is 4.40. The normalized spacial score (nSPS) is 12.7. The number of rotatable bonds is 7. The molecule has 0 aliphatic heterocycles. The molecule has 0 aliphatic carbocycles. The van der Waals surface area contributed by atoms with E-state index in [0.717, 1.165) is 12.0 Å². The zero-order chi connectivity index (χ0) is 11.8. The van der Waals surface area contributed by atoms with Crippen LogP contribution >= 0.6 is 0 Å². The Kier molecular flexibility index (Phi) is 6.12. The maximum atomic E-state index is 5.91. The number of nitrogens with two attached hydrogens (primary N) is 2. The lowest BCUT2D eigenvalue weighted by atomic mass is 10.0. The summed E-state index contributed by atoms with van der Waals surface area (Å²) in [5.41, 5.74) is 14.0. The van der Waals surface area contributed by atoms with Gasteiger partial charge in [0.05, 0.1) is 0 Å². The van der Waals surface area contributed by atoms with Gasteiger partial charge >= 0.3 is 0 Å². The van der Waals surface area contributed by atoms with Gasteiger partial charge in [0.2, 0.25) is 0 Å². The van der Waals surface area contributed by atoms with Gasteiger partial charge in [0.1, 0.15) is 0 Å². The van der Waals surface area contributed by atoms with Crippen molar-refractivity contribution < 1.29 is 0 Å². The monoisotopic (exact) mass is 220 g/mol. The molecule has 1 rings (SSSR count). The van der Waals surface area contributed by atoms with Crippen molar-refractivity contribution in [1.29, 1.82) is 0 Å². The summed E-state index contributed by atoms with van der Waals surface area (Å²) < 4.78 is 0. The first-order valence-corrected chi connectivity index (χ1v) is 6.32. The van der Waals surface area contributed by atoms with E-state index in [1.54, 1.807) is 0 Å². The largest absolute Gasteiger partial charge is 0.329 e. The van der Waals surface area contributed by atoms with E-state index in [9.17, 15) is 0 Å². The Balaban J connectivity index is 2.47. The lowest BCUT2D eigenvalue weighted by molar-refractivity contribution is 0.665. The van der Waals surface area contributed by atoms with Crippen molar-refractivity contribution in [1.82, 2.24) is 0 Å². The minimum Gasteiger partial charge on any atom is -0.329 e. The predicted molar refractivity (Wildman–Crippen MR) is 70.3 cm³/mol. The standard InChI is InChI=1S/C14H24N2/c1-2-3-4-5-7-12-8-6-9-13(10-12)14(16)11-15/h6,8-10,14H,2-5,7,11,15-16H2,1H3. The number of unbranched alkanes of at least 4 members (excludes halogenated alkanes) is 3. The zero-order valence-corrected chi connectivity index (χ0v) is 10.3. The summed E-state index contributed by atoms with van der Waals surface area (Å²) in [4.78, 5) is 0. The second kappa shape index (κ2) is 7.42. The fraction of sp³-hybridized carbons (Fsp3) is 0.571. The highest BCUT2D eigenvalue weighted by Gasteiger charge is 2.03. The van der Waals surface area contributed by atoms with Crippen molar-refractivity contribution in [3.8, 4) is 0 Å². The Morgan fingerprint density at radius 2 is 2.00 bits per heavy atom. The molecule has 90 valence electrons. The Morgan fingerprint density at radius 3 is 2.69 bits per heavy atom. The highest BCUT2D eigenvalue weighted by atomic mass is 14.7. The first-order valence-electron chi connectivity index (χ1n) is 6.32. The molecule has 0 fully saturated rings. The van der Waals surface area contributed by atoms with Crippen LogP contribution in [-0.2, 0) is 6.42 Å². The van der Waals surface area contributed by atoms with Crippen LogP contribution in [-0.4, -0.2) is 6.54 Å². The minimum absolute atomic E-state index is 0.0180. The average Bonchev–Trinajstić information content (AvgIpc) is 2.34. The van der Waals surface area contributed by atoms with Crippen LogP contribution in [0.5, 0.6) is 0 Å². The molecule has 4 N–H and O–H groups in total. The SMILES string of the molecule is CCCCCCc1cccc(C(N)CN)c1. The molecule has 0 saturated heterocycles. The maximum absolute atomic E-state index is 5.91. The van der Waals surface area contributed by atoms with Crippen LogP contribution in [0, 0.1) is 0 Å². The molecule has 0 aromatic heterocycles. The van der Waals surface area contributed by atoms with Gasteiger partial charge in [-0.2, -0.15) is 0 Å². The number of aryl methyl sites for hydroxylation is 1. The van der Waals surface area contributed by atoms with Gasteiger partial charge in [0.25, 0.3) is 0 Å². The molecule has 2 heteroatoms. The summed E-state index contributed by atoms with van der Waals surface area (Å²) in [6.45, 7) is 2.75. The highest BCUT2D eigenvalue weighted by molar-refractivity contribution is 5.26. The van der Waals surface area contributed by atoms with Crippen LogP contribution in [0.2, 0.25) is 0 Å². The van der Waals surface area contributed by atoms with Gasteiger partial charge in [0, 0.05) is 12.6 Å². The molecule has 1 unspecified atom stereocenters. The third kappa shape index (κ3) is 4.33. The predicted octanol–water partition coefficient (Wildman–Crippen LogP) is 2.77. The summed E-state index contributed by atoms with van der Waals surface area (Å²) in [5.74, 6) is 0. The molecule has 2 nitrogen and oxygen atoms in total. The minimum atomic E-state index is -0.0180. The van der Waals surface area contributed by atoms with E-state index in [2.05, 4.69) is 31.2 Å². The smallest absolute Gasteiger partial charge is 0.0419 e. The molecule has 0 aliphatic rings. The van der Waals surface area contributed by atoms with Crippen molar-refractivity contribution in [2.75, 3.05) is 6.54 Å². The van der Waals surface area contributed by atoms with Crippen LogP contribution in [0.1, 0.15) is 49.8 Å². The van der Waals surface area contributed by atoms with Crippen molar-refractivity contribution >= 4 is 0 Å². The molecule has 0 radical (unpaired) electrons. The first-order chi connectivity index (χ1) is 7.77. The summed E-state index contributed by atoms with van der Waals surface area (Å²) in [6, 6.07) is 8.51. The van der Waals surface area contributed by atoms with E-state index in [1.807, 2.05) is 0 Å². The van der Waals surface area contributed by atoms with Gasteiger partial charge in [0.15, 0.2) is 0 Å². The average molecular weight is 220 g/mol. The second-order valence-corrected chi connectivity index (χ2v) is 4.40. The van der Waals surface area contributed by atoms with Gasteiger partial charge in [-0.25, -0.2) is 0 Å². The summed E-state index contributed by atoms with van der Waals surface area (Å²) in [5, 5.41) is 0. The first kappa shape index (κ1) is 13.2. The van der Waals surface area contributed by atoms with Crippen LogP contribution in [0.15, 0.2) is 24.3 Å². The number of hydrogen-bond donors (Lipinski definition) is 2. The molecule has 0 amide bonds. The van der Waals surface area contributed by atoms with E-state index in [1.165, 1.54) is 31.2 Å². The summed E-state index contributed by atoms with van der Waals surface area (Å²) in [7, 11) is 0. The van der Waals surface area contributed by atoms with Crippen LogP contribution < -0.4 is 11.5 Å². The lowest BCUT2D eigenvalue weighted by Crippen LogP contribution is -2.20. The summed E-state index contributed by atoms with van der Waals surface area (Å²) >= 11 is 0. The van der Waals surface area contributed by atoms with Crippen LogP contribution in [0.3, 0.4) is 0 Å². The van der Waals surface area contributed by atoms with Gasteiger partial charge < -0.3 is 11.5 Å². The van der Waals surface area contributed by atoms with Crippen molar-refractivity contribution in [3.63, 3.8) is 0 Å². The Bertz CT molecular complexity index is 297. The molecule has 0 heterocycles. The molecular formula is C14H24N2. The third-order valence-electron chi connectivity index (χ3n) is 2.95. The third-order valence-corrected chi connectivity index (χ3v) is 2.95. The molecule has 1 aromatic carbocycles. The van der Waals surface area contributed by atoms with Gasteiger partial charge in [-0.3, -0.25) is 0 Å². The molecular weight excluding hydrogens is 196 g/mol.